The van der Waals surface area contributed by atoms with E-state index in [0.29, 0.717) is 57.7 Å². The molecule has 4 rings (SSSR count). The zero-order chi connectivity index (χ0) is 53.2. The maximum atomic E-state index is 13.0. The Morgan fingerprint density at radius 2 is 1.34 bits per heavy atom. The van der Waals surface area contributed by atoms with Crippen LogP contribution in [-0.4, -0.2) is 246 Å². The summed E-state index contributed by atoms with van der Waals surface area (Å²) in [6.07, 6.45) is 3.04. The predicted octanol–water partition coefficient (Wildman–Crippen LogP) is -3.30. The predicted molar refractivity (Wildman–Crippen MR) is 255 cm³/mol. The van der Waals surface area contributed by atoms with Gasteiger partial charge in [-0.2, -0.15) is 0 Å². The number of hydrogen-bond donors (Lipinski definition) is 5. The summed E-state index contributed by atoms with van der Waals surface area (Å²) in [5, 5.41) is 19.9. The molecule has 5 N–H and O–H groups in total. The summed E-state index contributed by atoms with van der Waals surface area (Å²) in [4.78, 5) is 131. The van der Waals surface area contributed by atoms with Crippen LogP contribution in [0.5, 0.6) is 0 Å². The number of ether oxygens (including phenoxy) is 6. The van der Waals surface area contributed by atoms with Gasteiger partial charge in [-0.05, 0) is 43.9 Å². The second-order valence-electron chi connectivity index (χ2n) is 17.4. The SMILES string of the molecule is COC(=O)CN1CCN(CC(=O)NCCOCCOCCOCC(=O)NCc2cccc(C(=O)NCC(=O)N[C@@H](CCCCN3C(=O)C=CC3=O)C(=O)O)c2)CCN2CC(=O)OC2(C)CN(CC(=O)OC)CC1. The summed E-state index contributed by atoms with van der Waals surface area (Å²) < 4.78 is 32.0. The minimum atomic E-state index is -1.27. The molecule has 1 aromatic carbocycles. The fourth-order valence-electron chi connectivity index (χ4n) is 7.84. The number of rotatable bonds is 29. The Kier molecular flexibility index (Phi) is 25.3. The molecule has 26 heteroatoms. The molecule has 2 saturated heterocycles. The molecule has 6 amide bonds. The number of carboxylic acid groups (broad SMARTS) is 1. The summed E-state index contributed by atoms with van der Waals surface area (Å²) >= 11 is 0. The minimum Gasteiger partial charge on any atom is -0.480 e. The molecule has 0 aromatic heterocycles. The van der Waals surface area contributed by atoms with Crippen LogP contribution >= 0.6 is 0 Å². The van der Waals surface area contributed by atoms with Crippen molar-refractivity contribution in [1.29, 1.82) is 0 Å². The second kappa shape index (κ2) is 31.2. The molecule has 26 nitrogen and oxygen atoms in total. The van der Waals surface area contributed by atoms with Crippen LogP contribution in [0.3, 0.4) is 0 Å². The monoisotopic (exact) mass is 1030 g/mol. The molecule has 404 valence electrons. The molecule has 1 unspecified atom stereocenters. The van der Waals surface area contributed by atoms with Gasteiger partial charge in [0.25, 0.3) is 17.7 Å². The first-order valence-corrected chi connectivity index (χ1v) is 24.0. The number of fused-ring (bicyclic) bond motifs is 1. The Hall–Kier alpha value is -6.42. The van der Waals surface area contributed by atoms with E-state index in [-0.39, 0.29) is 110 Å². The number of carbonyl (C=O) groups is 10. The molecule has 3 heterocycles. The van der Waals surface area contributed by atoms with E-state index in [9.17, 15) is 53.1 Å². The molecule has 3 aliphatic rings. The van der Waals surface area contributed by atoms with Crippen LogP contribution in [-0.2, 0) is 78.1 Å². The number of unbranched alkanes of at least 4 members (excludes halogenated alkanes) is 1. The number of benzene rings is 1. The van der Waals surface area contributed by atoms with Crippen LogP contribution < -0.4 is 21.3 Å². The van der Waals surface area contributed by atoms with Gasteiger partial charge in [0.05, 0.1) is 80.0 Å². The zero-order valence-electron chi connectivity index (χ0n) is 41.7. The number of nitrogens with one attached hydrogen (secondary N) is 4. The summed E-state index contributed by atoms with van der Waals surface area (Å²) in [6.45, 7) is 5.28. The number of imide groups is 1. The third kappa shape index (κ3) is 21.7. The second-order valence-corrected chi connectivity index (χ2v) is 17.4. The maximum absolute atomic E-state index is 13.0. The molecule has 2 fully saturated rings. The van der Waals surface area contributed by atoms with Crippen LogP contribution in [0.2, 0.25) is 0 Å². The van der Waals surface area contributed by atoms with E-state index < -0.39 is 71.7 Å². The van der Waals surface area contributed by atoms with Crippen LogP contribution in [0.4, 0.5) is 0 Å². The molecule has 2 atom stereocenters. The molecule has 0 aliphatic carbocycles. The third-order valence-corrected chi connectivity index (χ3v) is 11.8. The molecular formula is C47H69N9O17. The van der Waals surface area contributed by atoms with Crippen molar-refractivity contribution in [1.82, 2.24) is 45.8 Å². The van der Waals surface area contributed by atoms with E-state index in [1.165, 1.54) is 26.4 Å². The topological polar surface area (TPSA) is 311 Å². The van der Waals surface area contributed by atoms with E-state index in [1.807, 2.05) is 19.6 Å². The molecule has 0 spiro atoms. The molecule has 0 radical (unpaired) electrons. The van der Waals surface area contributed by atoms with Crippen LogP contribution in [0, 0.1) is 0 Å². The minimum absolute atomic E-state index is 0.00663. The fourth-order valence-corrected chi connectivity index (χ4v) is 7.84. The number of carbonyl (C=O) groups excluding carboxylic acids is 9. The first-order chi connectivity index (χ1) is 35.0. The van der Waals surface area contributed by atoms with Gasteiger partial charge in [-0.15, -0.1) is 0 Å². The first kappa shape index (κ1) is 59.1. The third-order valence-electron chi connectivity index (χ3n) is 11.8. The lowest BCUT2D eigenvalue weighted by atomic mass is 10.1. The van der Waals surface area contributed by atoms with Crippen LogP contribution in [0.1, 0.15) is 42.1 Å². The Labute approximate surface area is 423 Å². The largest absolute Gasteiger partial charge is 0.480 e. The van der Waals surface area contributed by atoms with E-state index >= 15 is 0 Å². The molecule has 0 bridgehead atoms. The number of aliphatic carboxylic acids is 1. The number of hydrogen-bond acceptors (Lipinski definition) is 20. The van der Waals surface area contributed by atoms with Crippen LogP contribution in [0.15, 0.2) is 36.4 Å². The Balaban J connectivity index is 1.05. The molecule has 0 saturated carbocycles. The van der Waals surface area contributed by atoms with Crippen LogP contribution in [0.25, 0.3) is 0 Å². The number of carboxylic acids is 1. The summed E-state index contributed by atoms with van der Waals surface area (Å²) in [7, 11) is 2.61. The van der Waals surface area contributed by atoms with Crippen molar-refractivity contribution < 1.29 is 81.5 Å². The van der Waals surface area contributed by atoms with Crippen molar-refractivity contribution in [2.45, 2.75) is 44.5 Å². The van der Waals surface area contributed by atoms with Gasteiger partial charge >= 0.3 is 23.9 Å². The molecule has 73 heavy (non-hydrogen) atoms. The van der Waals surface area contributed by atoms with Gasteiger partial charge in [-0.1, -0.05) is 12.1 Å². The Morgan fingerprint density at radius 1 is 0.726 bits per heavy atom. The van der Waals surface area contributed by atoms with Gasteiger partial charge in [-0.3, -0.25) is 67.7 Å². The number of methoxy groups -OCH3 is 2. The standard InChI is InChI=1S/C47H69N9O17/c1-47-33-54(30-43(63)69-3)17-16-53(29-42(62)68-2)15-14-52(18-19-55(47)31-44(64)73-47)28-38(58)48-12-20-70-21-22-71-23-24-72-32-39(59)49-26-34-7-6-8-35(25-34)45(65)50-27-37(57)51-36(46(66)67)9-4-5-13-56-40(60)10-11-41(56)61/h6-8,10-11,25,36H,4-5,9,12-24,26-33H2,1-3H3,(H,48,58)(H,49,59)(H,50,65)(H,51,57)(H,66,67)/t36-,47?/m0/s1. The van der Waals surface area contributed by atoms with E-state index in [2.05, 4.69) is 21.3 Å². The highest BCUT2D eigenvalue weighted by atomic mass is 16.6. The smallest absolute Gasteiger partial charge is 0.326 e. The fraction of sp³-hybridized carbons (Fsp3) is 0.617. The van der Waals surface area contributed by atoms with Crippen molar-refractivity contribution in [3.8, 4) is 0 Å². The van der Waals surface area contributed by atoms with E-state index in [1.54, 1.807) is 19.1 Å². The van der Waals surface area contributed by atoms with Gasteiger partial charge < -0.3 is 54.8 Å². The lowest BCUT2D eigenvalue weighted by Crippen LogP contribution is -2.56. The maximum Gasteiger partial charge on any atom is 0.326 e. The highest BCUT2D eigenvalue weighted by Gasteiger charge is 2.45. The number of esters is 3. The zero-order valence-corrected chi connectivity index (χ0v) is 41.7. The lowest BCUT2D eigenvalue weighted by molar-refractivity contribution is -0.156. The highest BCUT2D eigenvalue weighted by molar-refractivity contribution is 6.12. The van der Waals surface area contributed by atoms with E-state index in [4.69, 9.17) is 28.4 Å². The summed E-state index contributed by atoms with van der Waals surface area (Å²) in [6, 6.07) is 5.11. The van der Waals surface area contributed by atoms with Gasteiger partial charge in [0, 0.05) is 76.6 Å². The Morgan fingerprint density at radius 3 is 2.01 bits per heavy atom. The van der Waals surface area contributed by atoms with Crippen molar-refractivity contribution in [3.05, 3.63) is 47.5 Å². The number of amides is 6. The summed E-state index contributed by atoms with van der Waals surface area (Å²) in [5.74, 6) is -5.35. The van der Waals surface area contributed by atoms with E-state index in [0.717, 1.165) is 17.1 Å². The van der Waals surface area contributed by atoms with Crippen molar-refractivity contribution >= 4 is 59.3 Å². The molecular weight excluding hydrogens is 963 g/mol. The quantitative estimate of drug-likeness (QED) is 0.0227. The first-order valence-electron chi connectivity index (χ1n) is 24.0. The lowest BCUT2D eigenvalue weighted by Gasteiger charge is -2.39. The van der Waals surface area contributed by atoms with Gasteiger partial charge in [0.2, 0.25) is 17.7 Å². The van der Waals surface area contributed by atoms with Crippen molar-refractivity contribution in [2.24, 2.45) is 0 Å². The number of nitrogens with zero attached hydrogens (tertiary/aromatic N) is 5. The average Bonchev–Trinajstić information content (AvgIpc) is 3.84. The van der Waals surface area contributed by atoms with Gasteiger partial charge in [0.15, 0.2) is 5.72 Å². The van der Waals surface area contributed by atoms with Gasteiger partial charge in [0.1, 0.15) is 19.2 Å². The highest BCUT2D eigenvalue weighted by Crippen LogP contribution is 2.25. The molecule has 1 aromatic rings. The van der Waals surface area contributed by atoms with Gasteiger partial charge in [-0.25, -0.2) is 4.79 Å². The molecule has 3 aliphatic heterocycles. The average molecular weight is 1030 g/mol. The normalized spacial score (nSPS) is 18.5. The van der Waals surface area contributed by atoms with Crippen molar-refractivity contribution in [2.75, 3.05) is 145 Å². The van der Waals surface area contributed by atoms with Crippen molar-refractivity contribution in [3.63, 3.8) is 0 Å². The summed E-state index contributed by atoms with van der Waals surface area (Å²) in [5.41, 5.74) is -0.223. The Bertz CT molecular complexity index is 2090.